The van der Waals surface area contributed by atoms with Crippen LogP contribution in [-0.2, 0) is 9.59 Å². The molecule has 1 aliphatic carbocycles. The van der Waals surface area contributed by atoms with Gasteiger partial charge in [-0.1, -0.05) is 56.3 Å². The fourth-order valence-electron chi connectivity index (χ4n) is 3.11. The molecule has 0 unspecified atom stereocenters. The lowest BCUT2D eigenvalue weighted by molar-refractivity contribution is -0.125. The number of fused-ring (bicyclic) bond motifs is 1. The highest BCUT2D eigenvalue weighted by atomic mass is 16.2. The van der Waals surface area contributed by atoms with Crippen LogP contribution in [0.1, 0.15) is 31.7 Å². The fraction of sp³-hybridized carbons (Fsp3) is 0.400. The smallest absolute Gasteiger partial charge is 0.223 e. The summed E-state index contributed by atoms with van der Waals surface area (Å²) >= 11 is 0. The quantitative estimate of drug-likeness (QED) is 0.803. The Morgan fingerprint density at radius 2 is 1.75 bits per heavy atom. The first-order valence-corrected chi connectivity index (χ1v) is 8.61. The number of hydrogen-bond acceptors (Lipinski definition) is 2. The predicted octanol–water partition coefficient (Wildman–Crippen LogP) is 2.83. The van der Waals surface area contributed by atoms with Gasteiger partial charge in [-0.15, -0.1) is 0 Å². The normalized spacial score (nSPS) is 19.3. The molecular weight excluding hydrogens is 300 g/mol. The molecule has 0 bridgehead atoms. The van der Waals surface area contributed by atoms with E-state index in [1.165, 1.54) is 16.3 Å². The lowest BCUT2D eigenvalue weighted by Crippen LogP contribution is -2.37. The van der Waals surface area contributed by atoms with Gasteiger partial charge in [0.1, 0.15) is 0 Å². The highest BCUT2D eigenvalue weighted by Gasteiger charge is 2.44. The molecule has 24 heavy (non-hydrogen) atoms. The molecule has 2 aromatic rings. The van der Waals surface area contributed by atoms with Gasteiger partial charge in [0.25, 0.3) is 0 Å². The van der Waals surface area contributed by atoms with Crippen molar-refractivity contribution in [1.29, 1.82) is 0 Å². The second kappa shape index (κ2) is 7.04. The molecule has 3 rings (SSSR count). The first-order chi connectivity index (χ1) is 11.6. The number of rotatable bonds is 6. The summed E-state index contributed by atoms with van der Waals surface area (Å²) in [5, 5.41) is 8.20. The molecule has 0 saturated heterocycles. The van der Waals surface area contributed by atoms with Gasteiger partial charge in [-0.05, 0) is 28.7 Å². The minimum atomic E-state index is -0.0279. The van der Waals surface area contributed by atoms with Crippen molar-refractivity contribution < 1.29 is 9.59 Å². The van der Waals surface area contributed by atoms with Crippen molar-refractivity contribution in [2.24, 2.45) is 11.8 Å². The van der Waals surface area contributed by atoms with E-state index in [9.17, 15) is 9.59 Å². The van der Waals surface area contributed by atoms with E-state index >= 15 is 0 Å². The van der Waals surface area contributed by atoms with Gasteiger partial charge in [-0.25, -0.2) is 0 Å². The second-order valence-electron chi connectivity index (χ2n) is 6.75. The number of hydrogen-bond donors (Lipinski definition) is 2. The second-order valence-corrected chi connectivity index (χ2v) is 6.75. The maximum atomic E-state index is 12.3. The van der Waals surface area contributed by atoms with E-state index in [0.717, 1.165) is 6.42 Å². The number of amides is 2. The van der Waals surface area contributed by atoms with Crippen molar-refractivity contribution in [3.8, 4) is 0 Å². The van der Waals surface area contributed by atoms with Crippen LogP contribution < -0.4 is 10.6 Å². The van der Waals surface area contributed by atoms with E-state index in [1.54, 1.807) is 0 Å². The van der Waals surface area contributed by atoms with Crippen LogP contribution in [0.15, 0.2) is 42.5 Å². The highest BCUT2D eigenvalue weighted by molar-refractivity contribution is 5.89. The molecule has 1 saturated carbocycles. The van der Waals surface area contributed by atoms with E-state index < -0.39 is 0 Å². The molecule has 0 aliphatic heterocycles. The van der Waals surface area contributed by atoms with Crippen LogP contribution >= 0.6 is 0 Å². The minimum Gasteiger partial charge on any atom is -0.354 e. The Balaban J connectivity index is 1.53. The molecule has 2 N–H and O–H groups in total. The van der Waals surface area contributed by atoms with Crippen LogP contribution in [0.4, 0.5) is 0 Å². The molecule has 2 amide bonds. The average molecular weight is 324 g/mol. The van der Waals surface area contributed by atoms with Crippen LogP contribution in [0.5, 0.6) is 0 Å². The number of benzene rings is 2. The molecule has 4 nitrogen and oxygen atoms in total. The van der Waals surface area contributed by atoms with Crippen LogP contribution in [0, 0.1) is 11.8 Å². The van der Waals surface area contributed by atoms with Gasteiger partial charge in [0.2, 0.25) is 11.8 Å². The molecule has 126 valence electrons. The fourth-order valence-corrected chi connectivity index (χ4v) is 3.11. The van der Waals surface area contributed by atoms with E-state index in [0.29, 0.717) is 19.0 Å². The summed E-state index contributed by atoms with van der Waals surface area (Å²) in [6.07, 6.45) is 0.901. The molecule has 1 aliphatic rings. The summed E-state index contributed by atoms with van der Waals surface area (Å²) < 4.78 is 0. The topological polar surface area (TPSA) is 58.2 Å². The molecule has 0 aromatic heterocycles. The monoisotopic (exact) mass is 324 g/mol. The maximum Gasteiger partial charge on any atom is 0.223 e. The Morgan fingerprint density at radius 3 is 2.54 bits per heavy atom. The van der Waals surface area contributed by atoms with Crippen molar-refractivity contribution in [2.75, 3.05) is 13.1 Å². The van der Waals surface area contributed by atoms with Gasteiger partial charge in [-0.3, -0.25) is 9.59 Å². The van der Waals surface area contributed by atoms with E-state index in [-0.39, 0.29) is 23.7 Å². The van der Waals surface area contributed by atoms with Crippen LogP contribution in [0.2, 0.25) is 0 Å². The number of nitrogens with one attached hydrogen (secondary N) is 2. The van der Waals surface area contributed by atoms with E-state index in [1.807, 2.05) is 26.0 Å². The Bertz CT molecular complexity index is 749. The van der Waals surface area contributed by atoms with Gasteiger partial charge in [0.15, 0.2) is 0 Å². The summed E-state index contributed by atoms with van der Waals surface area (Å²) in [6.45, 7) is 4.67. The van der Waals surface area contributed by atoms with Crippen molar-refractivity contribution in [1.82, 2.24) is 10.6 Å². The zero-order valence-corrected chi connectivity index (χ0v) is 14.2. The first kappa shape index (κ1) is 16.5. The lowest BCUT2D eigenvalue weighted by Gasteiger charge is -2.09. The van der Waals surface area contributed by atoms with Crippen LogP contribution in [0.25, 0.3) is 10.8 Å². The Hall–Kier alpha value is -2.36. The largest absolute Gasteiger partial charge is 0.354 e. The van der Waals surface area contributed by atoms with Crippen molar-refractivity contribution in [2.45, 2.75) is 26.2 Å². The summed E-state index contributed by atoms with van der Waals surface area (Å²) in [5.74, 6) is 0.439. The molecular formula is C20H24N2O2. The number of carbonyl (C=O) groups excluding carboxylic acids is 2. The number of carbonyl (C=O) groups is 2. The molecule has 0 spiro atoms. The molecule has 0 heterocycles. The average Bonchev–Trinajstić information content (AvgIpc) is 3.38. The predicted molar refractivity (Wildman–Crippen MR) is 95.7 cm³/mol. The van der Waals surface area contributed by atoms with Gasteiger partial charge in [-0.2, -0.15) is 0 Å². The molecule has 2 aromatic carbocycles. The van der Waals surface area contributed by atoms with Crippen LogP contribution in [-0.4, -0.2) is 24.9 Å². The Kier molecular flexibility index (Phi) is 4.84. The highest BCUT2D eigenvalue weighted by Crippen LogP contribution is 2.49. The van der Waals surface area contributed by atoms with Gasteiger partial charge >= 0.3 is 0 Å². The summed E-state index contributed by atoms with van der Waals surface area (Å²) in [6, 6.07) is 14.6. The molecule has 4 heteroatoms. The molecule has 2 atom stereocenters. The van der Waals surface area contributed by atoms with Gasteiger partial charge in [0, 0.05) is 24.9 Å². The Morgan fingerprint density at radius 1 is 1.04 bits per heavy atom. The molecule has 1 fully saturated rings. The van der Waals surface area contributed by atoms with Crippen LogP contribution in [0.3, 0.4) is 0 Å². The third-order valence-electron chi connectivity index (χ3n) is 4.60. The van der Waals surface area contributed by atoms with E-state index in [2.05, 4.69) is 41.0 Å². The van der Waals surface area contributed by atoms with E-state index in [4.69, 9.17) is 0 Å². The maximum absolute atomic E-state index is 12.3. The standard InChI is InChI=1S/C20H24N2O2/c1-13(2)19(23)21-10-11-22-20(24)18-12-17(18)16-9-5-7-14-6-3-4-8-15(14)16/h3-9,13,17-18H,10-12H2,1-2H3,(H,21,23)(H,22,24)/t17-,18+/m1/s1. The van der Waals surface area contributed by atoms with Crippen molar-refractivity contribution in [3.05, 3.63) is 48.0 Å². The summed E-state index contributed by atoms with van der Waals surface area (Å²) in [4.78, 5) is 23.8. The zero-order valence-electron chi connectivity index (χ0n) is 14.2. The van der Waals surface area contributed by atoms with Gasteiger partial charge < -0.3 is 10.6 Å². The minimum absolute atomic E-state index is 0.0179. The van der Waals surface area contributed by atoms with Gasteiger partial charge in [0.05, 0.1) is 0 Å². The summed E-state index contributed by atoms with van der Waals surface area (Å²) in [7, 11) is 0. The van der Waals surface area contributed by atoms with Crippen molar-refractivity contribution in [3.63, 3.8) is 0 Å². The third-order valence-corrected chi connectivity index (χ3v) is 4.60. The molecule has 0 radical (unpaired) electrons. The lowest BCUT2D eigenvalue weighted by atomic mass is 10.00. The third kappa shape index (κ3) is 3.58. The first-order valence-electron chi connectivity index (χ1n) is 8.61. The summed E-state index contributed by atoms with van der Waals surface area (Å²) in [5.41, 5.74) is 1.27. The zero-order chi connectivity index (χ0) is 17.1. The Labute approximate surface area is 142 Å². The van der Waals surface area contributed by atoms with Crippen molar-refractivity contribution >= 4 is 22.6 Å². The SMILES string of the molecule is CC(C)C(=O)NCCNC(=O)[C@H]1C[C@@H]1c1cccc2ccccc12.